The van der Waals surface area contributed by atoms with Crippen LogP contribution in [0.3, 0.4) is 0 Å². The summed E-state index contributed by atoms with van der Waals surface area (Å²) < 4.78 is 33.5. The Balaban J connectivity index is 1.47. The monoisotopic (exact) mass is 471 g/mol. The molecule has 0 radical (unpaired) electrons. The van der Waals surface area contributed by atoms with Gasteiger partial charge >= 0.3 is 0 Å². The number of thiophene rings is 1. The van der Waals surface area contributed by atoms with Crippen LogP contribution in [0, 0.1) is 11.6 Å². The van der Waals surface area contributed by atoms with Crippen molar-refractivity contribution in [1.29, 1.82) is 0 Å². The molecule has 2 atom stereocenters. The third-order valence-electron chi connectivity index (χ3n) is 6.00. The molecule has 8 heteroatoms. The van der Waals surface area contributed by atoms with E-state index in [0.717, 1.165) is 54.6 Å². The van der Waals surface area contributed by atoms with E-state index in [1.807, 2.05) is 36.6 Å². The number of nitrogens with zero attached hydrogens (tertiary/aromatic N) is 2. The smallest absolute Gasteiger partial charge is 0.257 e. The number of carbonyl (C=O) groups is 1. The maximum absolute atomic E-state index is 14.1. The van der Waals surface area contributed by atoms with Crippen molar-refractivity contribution in [2.24, 2.45) is 0 Å². The molecule has 0 unspecified atom stereocenters. The molecule has 1 saturated heterocycles. The second-order valence-corrected chi connectivity index (χ2v) is 9.02. The van der Waals surface area contributed by atoms with Crippen LogP contribution >= 0.6 is 11.3 Å². The van der Waals surface area contributed by atoms with Crippen LogP contribution in [0.25, 0.3) is 0 Å². The minimum atomic E-state index is -0.861. The van der Waals surface area contributed by atoms with Crippen LogP contribution in [0.5, 0.6) is 5.75 Å². The van der Waals surface area contributed by atoms with E-state index in [0.29, 0.717) is 0 Å². The average Bonchev–Trinajstić information content (AvgIpc) is 3.34. The van der Waals surface area contributed by atoms with Crippen molar-refractivity contribution in [3.05, 3.63) is 82.1 Å². The first-order valence-electron chi connectivity index (χ1n) is 10.9. The number of nitrogens with one attached hydrogen (secondary N) is 1. The summed E-state index contributed by atoms with van der Waals surface area (Å²) in [5.41, 5.74) is 0.595. The highest BCUT2D eigenvalue weighted by molar-refractivity contribution is 7.10. The molecule has 5 nitrogen and oxygen atoms in total. The Morgan fingerprint density at radius 2 is 1.67 bits per heavy atom. The van der Waals surface area contributed by atoms with Crippen LogP contribution in [0.1, 0.15) is 28.2 Å². The van der Waals surface area contributed by atoms with Crippen molar-refractivity contribution in [3.63, 3.8) is 0 Å². The van der Waals surface area contributed by atoms with Crippen molar-refractivity contribution in [2.75, 3.05) is 38.2 Å². The molecular formula is C25H27F2N3O2S. The molecule has 1 amide bonds. The summed E-state index contributed by atoms with van der Waals surface area (Å²) >= 11 is 1.61. The molecule has 3 aromatic rings. The Morgan fingerprint density at radius 1 is 1.00 bits per heavy atom. The number of anilines is 1. The third-order valence-corrected chi connectivity index (χ3v) is 6.95. The van der Waals surface area contributed by atoms with Crippen LogP contribution in [0.15, 0.2) is 60.0 Å². The van der Waals surface area contributed by atoms with Gasteiger partial charge in [0.2, 0.25) is 0 Å². The van der Waals surface area contributed by atoms with Crippen molar-refractivity contribution in [2.45, 2.75) is 19.0 Å². The van der Waals surface area contributed by atoms with Crippen LogP contribution in [-0.2, 0) is 0 Å². The second-order valence-electron chi connectivity index (χ2n) is 8.04. The minimum Gasteiger partial charge on any atom is -0.497 e. The number of amides is 1. The Morgan fingerprint density at radius 3 is 2.24 bits per heavy atom. The predicted molar refractivity (Wildman–Crippen MR) is 127 cm³/mol. The van der Waals surface area contributed by atoms with Crippen LogP contribution in [-0.4, -0.2) is 50.1 Å². The standard InChI is InChI=1S/C25H27F2N3O2S/c1-17(28-25(31)23-20(26)5-3-6-21(23)27)24(22-7-4-16-33-22)30-14-12-29(13-15-30)18-8-10-19(32-2)11-9-18/h3-11,16-17,24H,12-15H2,1-2H3,(H,28,31)/t17-,24+/m1/s1. The van der Waals surface area contributed by atoms with Gasteiger partial charge in [0.05, 0.1) is 13.2 Å². The highest BCUT2D eigenvalue weighted by Gasteiger charge is 2.32. The van der Waals surface area contributed by atoms with Gasteiger partial charge in [-0.1, -0.05) is 12.1 Å². The summed E-state index contributed by atoms with van der Waals surface area (Å²) in [5, 5.41) is 4.84. The van der Waals surface area contributed by atoms with E-state index in [4.69, 9.17) is 4.74 Å². The topological polar surface area (TPSA) is 44.8 Å². The second kappa shape index (κ2) is 10.3. The molecule has 0 aliphatic carbocycles. The molecule has 2 aromatic carbocycles. The minimum absolute atomic E-state index is 0.0956. The zero-order chi connectivity index (χ0) is 23.4. The number of hydrogen-bond donors (Lipinski definition) is 1. The quantitative estimate of drug-likeness (QED) is 0.542. The Hall–Kier alpha value is -2.97. The first-order valence-corrected chi connectivity index (χ1v) is 11.8. The largest absolute Gasteiger partial charge is 0.497 e. The molecule has 1 N–H and O–H groups in total. The first kappa shape index (κ1) is 23.2. The number of hydrogen-bond acceptors (Lipinski definition) is 5. The lowest BCUT2D eigenvalue weighted by molar-refractivity contribution is 0.0882. The molecule has 4 rings (SSSR count). The van der Waals surface area contributed by atoms with E-state index in [1.54, 1.807) is 18.4 Å². The molecule has 1 fully saturated rings. The summed E-state index contributed by atoms with van der Waals surface area (Å²) in [7, 11) is 1.65. The number of rotatable bonds is 7. The van der Waals surface area contributed by atoms with Gasteiger partial charge in [-0.25, -0.2) is 8.78 Å². The number of halogens is 2. The van der Waals surface area contributed by atoms with E-state index in [2.05, 4.69) is 27.2 Å². The lowest BCUT2D eigenvalue weighted by atomic mass is 10.0. The van der Waals surface area contributed by atoms with E-state index >= 15 is 0 Å². The first-order chi connectivity index (χ1) is 16.0. The van der Waals surface area contributed by atoms with Gasteiger partial charge in [-0.05, 0) is 54.8 Å². The molecular weight excluding hydrogens is 444 g/mol. The fraction of sp³-hybridized carbons (Fsp3) is 0.320. The van der Waals surface area contributed by atoms with Gasteiger partial charge < -0.3 is 15.0 Å². The Bertz CT molecular complexity index is 1050. The lowest BCUT2D eigenvalue weighted by Gasteiger charge is -2.42. The molecule has 33 heavy (non-hydrogen) atoms. The number of benzene rings is 2. The highest BCUT2D eigenvalue weighted by Crippen LogP contribution is 2.31. The molecule has 0 saturated carbocycles. The molecule has 1 aliphatic heterocycles. The molecule has 0 bridgehead atoms. The van der Waals surface area contributed by atoms with Crippen molar-refractivity contribution >= 4 is 22.9 Å². The molecule has 2 heterocycles. The SMILES string of the molecule is COc1ccc(N2CCN([C@H](c3cccs3)[C@@H](C)NC(=O)c3c(F)cccc3F)CC2)cc1. The summed E-state index contributed by atoms with van der Waals surface area (Å²) in [5.74, 6) is -1.64. The van der Waals surface area contributed by atoms with Crippen molar-refractivity contribution in [1.82, 2.24) is 10.2 Å². The molecule has 0 spiro atoms. The van der Waals surface area contributed by atoms with Crippen molar-refractivity contribution < 1.29 is 18.3 Å². The van der Waals surface area contributed by atoms with Crippen LogP contribution in [0.2, 0.25) is 0 Å². The van der Waals surface area contributed by atoms with Gasteiger partial charge in [0.1, 0.15) is 22.9 Å². The molecule has 174 valence electrons. The maximum atomic E-state index is 14.1. The van der Waals surface area contributed by atoms with E-state index in [1.165, 1.54) is 6.07 Å². The van der Waals surface area contributed by atoms with Crippen molar-refractivity contribution in [3.8, 4) is 5.75 Å². The Kier molecular flexibility index (Phi) is 7.25. The molecule has 1 aliphatic rings. The van der Waals surface area contributed by atoms with E-state index in [9.17, 15) is 13.6 Å². The summed E-state index contributed by atoms with van der Waals surface area (Å²) in [6.45, 7) is 5.14. The lowest BCUT2D eigenvalue weighted by Crippen LogP contribution is -2.52. The van der Waals surface area contributed by atoms with Gasteiger partial charge in [0, 0.05) is 42.8 Å². The van der Waals surface area contributed by atoms with Gasteiger partial charge in [-0.15, -0.1) is 11.3 Å². The van der Waals surface area contributed by atoms with Gasteiger partial charge in [-0.3, -0.25) is 9.69 Å². The molecule has 1 aromatic heterocycles. The number of carbonyl (C=O) groups excluding carboxylic acids is 1. The van der Waals surface area contributed by atoms with Gasteiger partial charge in [0.15, 0.2) is 0 Å². The highest BCUT2D eigenvalue weighted by atomic mass is 32.1. The summed E-state index contributed by atoms with van der Waals surface area (Å²) in [6.07, 6.45) is 0. The Labute approximate surface area is 196 Å². The van der Waals surface area contributed by atoms with Gasteiger partial charge in [0.25, 0.3) is 5.91 Å². The fourth-order valence-electron chi connectivity index (χ4n) is 4.33. The zero-order valence-corrected chi connectivity index (χ0v) is 19.4. The summed E-state index contributed by atoms with van der Waals surface area (Å²) in [4.78, 5) is 18.5. The third kappa shape index (κ3) is 5.17. The van der Waals surface area contributed by atoms with Crippen LogP contribution in [0.4, 0.5) is 14.5 Å². The number of methoxy groups -OCH3 is 1. The van der Waals surface area contributed by atoms with Gasteiger partial charge in [-0.2, -0.15) is 0 Å². The number of piperazine rings is 1. The van der Waals surface area contributed by atoms with Crippen LogP contribution < -0.4 is 15.0 Å². The maximum Gasteiger partial charge on any atom is 0.257 e. The van der Waals surface area contributed by atoms with E-state index < -0.39 is 23.1 Å². The normalized spacial score (nSPS) is 16.3. The summed E-state index contributed by atoms with van der Waals surface area (Å²) in [6, 6.07) is 15.0. The number of ether oxygens (including phenoxy) is 1. The van der Waals surface area contributed by atoms with E-state index in [-0.39, 0.29) is 12.1 Å². The fourth-order valence-corrected chi connectivity index (χ4v) is 5.29. The predicted octanol–water partition coefficient (Wildman–Crippen LogP) is 4.72. The average molecular weight is 472 g/mol. The zero-order valence-electron chi connectivity index (χ0n) is 18.6.